The van der Waals surface area contributed by atoms with E-state index in [1.54, 1.807) is 19.0 Å². The lowest BCUT2D eigenvalue weighted by atomic mass is 10.1. The van der Waals surface area contributed by atoms with Gasteiger partial charge in [0, 0.05) is 68.0 Å². The Morgan fingerprint density at radius 3 is 1.45 bits per heavy atom. The number of H-pyrrole nitrogens is 1. The molecule has 0 amide bonds. The van der Waals surface area contributed by atoms with Crippen molar-refractivity contribution >= 4 is 104 Å². The van der Waals surface area contributed by atoms with Crippen LogP contribution in [0.3, 0.4) is 0 Å². The van der Waals surface area contributed by atoms with E-state index in [0.717, 1.165) is 96.5 Å². The molecule has 0 radical (unpaired) electrons. The van der Waals surface area contributed by atoms with Crippen molar-refractivity contribution in [3.63, 3.8) is 0 Å². The number of phosphoric acid groups is 6. The van der Waals surface area contributed by atoms with Gasteiger partial charge in [-0.25, -0.2) is 71.5 Å². The highest BCUT2D eigenvalue weighted by Gasteiger charge is 2.58. The molecule has 660 valence electrons. The number of ether oxygens (including phenoxy) is 9. The summed E-state index contributed by atoms with van der Waals surface area (Å²) in [6.07, 6.45) is -27.2. The molecule has 16 N–H and O–H groups in total. The first-order chi connectivity index (χ1) is 56.5. The van der Waals surface area contributed by atoms with Gasteiger partial charge in [0.2, 0.25) is 11.7 Å². The molecule has 0 aromatic carbocycles. The van der Waals surface area contributed by atoms with E-state index in [1.807, 2.05) is 0 Å². The molecule has 120 heavy (non-hydrogen) atoms. The average Bonchev–Trinajstić information content (AvgIpc) is 1.61. The Morgan fingerprint density at radius 1 is 0.508 bits per heavy atom. The summed E-state index contributed by atoms with van der Waals surface area (Å²) in [5, 5.41) is 33.1. The van der Waals surface area contributed by atoms with Crippen LogP contribution in [0.4, 0.5) is 23.4 Å². The van der Waals surface area contributed by atoms with E-state index in [2.05, 4.69) is 53.5 Å². The van der Waals surface area contributed by atoms with Gasteiger partial charge in [-0.2, -0.15) is 13.6 Å². The molecule has 8 aromatic rings. The van der Waals surface area contributed by atoms with Crippen molar-refractivity contribution in [1.29, 1.82) is 0 Å². The van der Waals surface area contributed by atoms with Crippen LogP contribution in [-0.2, 0) is 129 Å². The Labute approximate surface area is 670 Å². The summed E-state index contributed by atoms with van der Waals surface area (Å²) in [4.78, 5) is 156. The molecule has 0 aliphatic carbocycles. The van der Waals surface area contributed by atoms with Crippen molar-refractivity contribution in [1.82, 2.24) is 72.3 Å². The minimum atomic E-state index is -6.36. The van der Waals surface area contributed by atoms with Crippen LogP contribution < -0.4 is 49.2 Å². The fourth-order valence-corrected chi connectivity index (χ4v) is 20.1. The average molecular weight is 1830 g/mol. The molecule has 0 spiro atoms. The molecule has 58 nitrogen and oxygen atoms in total. The lowest BCUT2D eigenvalue weighted by molar-refractivity contribution is -0.745. The number of rotatable bonds is 35. The second-order valence-corrected chi connectivity index (χ2v) is 35.8. The summed E-state index contributed by atoms with van der Waals surface area (Å²) in [5.41, 5.74) is 14.1. The first kappa shape index (κ1) is 90.2. The quantitative estimate of drug-likeness (QED) is 0.0131. The van der Waals surface area contributed by atoms with Crippen molar-refractivity contribution in [3.8, 4) is 0 Å². The molecule has 5 saturated heterocycles. The van der Waals surface area contributed by atoms with Crippen molar-refractivity contribution in [2.24, 2.45) is 14.1 Å². The molecule has 5 aliphatic rings. The third kappa shape index (κ3) is 18.8. The largest absolute Gasteiger partial charge is 0.490 e. The van der Waals surface area contributed by atoms with Gasteiger partial charge in [-0.15, -0.1) is 0 Å². The number of anilines is 4. The number of aromatic nitrogens is 16. The Kier molecular flexibility index (Phi) is 26.5. The van der Waals surface area contributed by atoms with Crippen LogP contribution in [0.2, 0.25) is 0 Å². The number of nitrogens with zero attached hydrogens (tertiary/aromatic N) is 16. The van der Waals surface area contributed by atoms with Gasteiger partial charge in [0.05, 0.1) is 52.7 Å². The first-order valence-corrected chi connectivity index (χ1v) is 43.7. The summed E-state index contributed by atoms with van der Waals surface area (Å²) >= 11 is 0. The summed E-state index contributed by atoms with van der Waals surface area (Å²) in [6, 6.07) is 2.19. The van der Waals surface area contributed by atoms with Crippen molar-refractivity contribution in [2.45, 2.75) is 123 Å². The molecule has 13 heterocycles. The third-order valence-electron chi connectivity index (χ3n) is 19.2. The van der Waals surface area contributed by atoms with Crippen molar-refractivity contribution in [2.75, 3.05) is 97.7 Å². The van der Waals surface area contributed by atoms with Gasteiger partial charge in [-0.05, 0) is 6.07 Å². The van der Waals surface area contributed by atoms with Crippen LogP contribution in [0.25, 0.3) is 33.5 Å². The minimum Gasteiger partial charge on any atom is -0.387 e. The van der Waals surface area contributed by atoms with E-state index in [-0.39, 0.29) is 56.9 Å². The van der Waals surface area contributed by atoms with Gasteiger partial charge in [0.15, 0.2) is 59.7 Å². The van der Waals surface area contributed by atoms with E-state index in [1.165, 1.54) is 34.1 Å². The SMILES string of the molecule is CO[C@@H]1[C@H](O)[C@@H](COP(=O)(O)O[C@H]2[C@@H](OC)[C@H](n3ccc(N)nc3=O)O[C@@H]2COP(=O)(O)O[C@H]2[C@@H](OC)[C@H](n3cnc4c(N)ncnc43)O[C@@H]2COP(=O)(O)O[C@H]2[C@@H](OC)[C@H](n3cnc4c(N(C)C)ncnc43)O[C@@H]2COP(=O)(O)OP(=O)(O)OP(=O)(O)OC[C@H]2O[C@@H]([n+]3cn(C)c4c(=O)[nH]c(N)nc43)[C@H](O)[C@@H]2O)O[C@H]1n1ccc(=O)n(C)c1=O. The van der Waals surface area contributed by atoms with Gasteiger partial charge >= 0.3 is 64.0 Å². The Morgan fingerprint density at radius 2 is 0.950 bits per heavy atom. The second-order valence-electron chi connectivity index (χ2n) is 27.0. The summed E-state index contributed by atoms with van der Waals surface area (Å²) in [6.45, 7) is -6.06. The van der Waals surface area contributed by atoms with Crippen molar-refractivity contribution in [3.05, 3.63) is 97.8 Å². The Hall–Kier alpha value is -7.53. The highest BCUT2D eigenvalue weighted by atomic mass is 31.3. The number of nitrogens with one attached hydrogen (secondary N) is 1. The lowest BCUT2D eigenvalue weighted by Gasteiger charge is -2.28. The Bertz CT molecular complexity index is 5680. The number of hydrogen-bond donors (Lipinski definition) is 13. The molecule has 64 heteroatoms. The molecular weight excluding hydrogens is 1750 g/mol. The van der Waals surface area contributed by atoms with Gasteiger partial charge in [-0.3, -0.25) is 78.2 Å². The van der Waals surface area contributed by atoms with Gasteiger partial charge in [0.1, 0.15) is 116 Å². The summed E-state index contributed by atoms with van der Waals surface area (Å²) in [7, 11) is -25.5. The zero-order valence-electron chi connectivity index (χ0n) is 63.2. The molecule has 8 aromatic heterocycles. The standard InChI is InChI=1S/C56H78N20O38P6/c1-69(2)44-31-46(63-19-61-44)75(21-65-31)53-42(99-8)38(27(109-53)17-104-119(92,93)114-120(94,95)113-118(90,91)103-13-23-33(78)35(80)49(105-23)76-22-70(3)32-47(76)67-54(59)68-48(32)81)112-117(88,89)102-16-26-37(41(98-7)52(108-26)74-20-64-30-43(58)60-18-62-45(30)74)111-116(86,87)101-15-25-36(40(97-6)51(107-25)72-11-9-28(57)66-55(72)82)110-115(84,85)100-14-24-34(79)39(96-5)50(106-24)73-12-10-29(77)71(4)56(73)83/h9-12,18-27,33-42,49-53,78-80H,13-17H2,1-8H3,(H12-,57,58,59,60,62,66,67,68,81,82,84,85,86,87,88,89,90,91,92,93,94,95)/p+1/t23-,24-,25-,26-,27-,33-,34-,35-,36-,37-,38-,39-,40-,41-,42-,49-,50-,51-,52-,53-/m1/s1. The highest BCUT2D eigenvalue weighted by molar-refractivity contribution is 7.66. The van der Waals surface area contributed by atoms with E-state index in [0.29, 0.717) is 0 Å². The maximum atomic E-state index is 14.7. The van der Waals surface area contributed by atoms with Gasteiger partial charge in [0.25, 0.3) is 17.1 Å². The maximum absolute atomic E-state index is 14.7. The summed E-state index contributed by atoms with van der Waals surface area (Å²) in [5.74, 6) is -0.499. The molecule has 5 aliphatic heterocycles. The van der Waals surface area contributed by atoms with E-state index < -0.39 is 225 Å². The number of phosphoric ester groups is 5. The fraction of sp³-hybridized carbons (Fsp3) is 0.589. The second kappa shape index (κ2) is 35.2. The minimum absolute atomic E-state index is 0.00804. The Balaban J connectivity index is 0.724. The van der Waals surface area contributed by atoms with Crippen LogP contribution >= 0.6 is 46.9 Å². The predicted molar refractivity (Wildman–Crippen MR) is 390 cm³/mol. The molecule has 0 saturated carbocycles. The highest BCUT2D eigenvalue weighted by Crippen LogP contribution is 2.68. The number of aromatic amines is 1. The molecule has 26 atom stereocenters. The number of methoxy groups -OCH3 is 4. The molecule has 0 bridgehead atoms. The van der Waals surface area contributed by atoms with Crippen LogP contribution in [0.1, 0.15) is 31.1 Å². The monoisotopic (exact) mass is 1830 g/mol. The number of nitrogens with two attached hydrogens (primary N) is 3. The van der Waals surface area contributed by atoms with E-state index in [9.17, 15) is 91.2 Å². The van der Waals surface area contributed by atoms with E-state index in [4.69, 9.17) is 96.0 Å². The lowest BCUT2D eigenvalue weighted by Crippen LogP contribution is -2.46. The number of imidazole rings is 3. The van der Waals surface area contributed by atoms with Crippen LogP contribution in [0.15, 0.2) is 75.3 Å². The van der Waals surface area contributed by atoms with Gasteiger partial charge < -0.3 is 109 Å². The molecule has 5 fully saturated rings. The van der Waals surface area contributed by atoms with Crippen LogP contribution in [0, 0.1) is 0 Å². The van der Waals surface area contributed by atoms with Crippen molar-refractivity contribution < 1.29 is 164 Å². The van der Waals surface area contributed by atoms with Crippen LogP contribution in [0.5, 0.6) is 0 Å². The predicted octanol–water partition coefficient (Wildman–Crippen LogP) is -4.64. The third-order valence-corrected chi connectivity index (χ3v) is 26.4. The van der Waals surface area contributed by atoms with E-state index >= 15 is 0 Å². The topological polar surface area (TPSA) is 762 Å². The normalized spacial score (nSPS) is 30.8. The number of nitrogen functional groups attached to an aromatic ring is 3. The number of aliphatic hydroxyl groups is 3. The maximum Gasteiger partial charge on any atom is 0.490 e. The number of hydrogen-bond acceptors (Lipinski definition) is 44. The molecule has 6 unspecified atom stereocenters. The first-order valence-electron chi connectivity index (χ1n) is 34.7. The van der Waals surface area contributed by atoms with Gasteiger partial charge in [-0.1, -0.05) is 4.98 Å². The van der Waals surface area contributed by atoms with Crippen LogP contribution in [-0.4, -0.2) is 284 Å². The fourth-order valence-electron chi connectivity index (χ4n) is 13.7. The number of aliphatic hydroxyl groups excluding tert-OH is 3. The number of aryl methyl sites for hydroxylation is 1. The molecular formula is C56H79N20O38P6+. The number of fused-ring (bicyclic) bond motifs is 3. The summed E-state index contributed by atoms with van der Waals surface area (Å²) < 4.78 is 196. The smallest absolute Gasteiger partial charge is 0.387 e. The molecule has 13 rings (SSSR count). The zero-order chi connectivity index (χ0) is 86.9. The zero-order valence-corrected chi connectivity index (χ0v) is 68.6.